The number of benzene rings is 2. The Morgan fingerprint density at radius 1 is 1.15 bits per heavy atom. The van der Waals surface area contributed by atoms with Gasteiger partial charge in [-0.25, -0.2) is 13.1 Å². The average Bonchev–Trinajstić information content (AvgIpc) is 2.68. The van der Waals surface area contributed by atoms with E-state index < -0.39 is 10.0 Å². The van der Waals surface area contributed by atoms with Crippen molar-refractivity contribution in [3.8, 4) is 5.75 Å². The molecule has 146 valence electrons. The molecule has 1 unspecified atom stereocenters. The Kier molecular flexibility index (Phi) is 7.38. The Morgan fingerprint density at radius 3 is 2.48 bits per heavy atom. The molecule has 0 aliphatic carbocycles. The first-order valence-corrected chi connectivity index (χ1v) is 10.4. The number of sulfonamides is 1. The van der Waals surface area contributed by atoms with Crippen LogP contribution in [0.3, 0.4) is 0 Å². The van der Waals surface area contributed by atoms with Crippen LogP contribution in [0.15, 0.2) is 53.4 Å². The highest BCUT2D eigenvalue weighted by molar-refractivity contribution is 7.89. The van der Waals surface area contributed by atoms with E-state index in [1.54, 1.807) is 19.2 Å². The summed E-state index contributed by atoms with van der Waals surface area (Å²) in [6.45, 7) is 4.13. The smallest absolute Gasteiger partial charge is 0.251 e. The predicted octanol–water partition coefficient (Wildman–Crippen LogP) is 2.74. The van der Waals surface area contributed by atoms with Crippen molar-refractivity contribution < 1.29 is 17.9 Å². The molecular weight excluding hydrogens is 364 g/mol. The summed E-state index contributed by atoms with van der Waals surface area (Å²) < 4.78 is 32.7. The fraction of sp³-hybridized carbons (Fsp3) is 0.350. The van der Waals surface area contributed by atoms with Gasteiger partial charge in [-0.15, -0.1) is 0 Å². The molecule has 27 heavy (non-hydrogen) atoms. The van der Waals surface area contributed by atoms with Gasteiger partial charge in [-0.3, -0.25) is 4.79 Å². The predicted molar refractivity (Wildman–Crippen MR) is 106 cm³/mol. The molecule has 0 aromatic heterocycles. The average molecular weight is 391 g/mol. The second-order valence-electron chi connectivity index (χ2n) is 6.31. The van der Waals surface area contributed by atoms with E-state index in [-0.39, 0.29) is 23.4 Å². The zero-order valence-corrected chi connectivity index (χ0v) is 16.7. The summed E-state index contributed by atoms with van der Waals surface area (Å²) >= 11 is 0. The van der Waals surface area contributed by atoms with E-state index in [9.17, 15) is 13.2 Å². The molecule has 0 heterocycles. The van der Waals surface area contributed by atoms with Gasteiger partial charge in [0, 0.05) is 18.2 Å². The minimum atomic E-state index is -3.69. The zero-order valence-electron chi connectivity index (χ0n) is 15.9. The van der Waals surface area contributed by atoms with Crippen LogP contribution >= 0.6 is 0 Å². The molecule has 0 bridgehead atoms. The van der Waals surface area contributed by atoms with Crippen molar-refractivity contribution in [3.63, 3.8) is 0 Å². The van der Waals surface area contributed by atoms with Gasteiger partial charge in [0.1, 0.15) is 5.75 Å². The SMILES string of the molecule is CCC(C)NC(=O)c1cccc(S(=O)(=O)NCCc2ccc(OC)cc2)c1. The summed E-state index contributed by atoms with van der Waals surface area (Å²) in [5.41, 5.74) is 1.33. The fourth-order valence-corrected chi connectivity index (χ4v) is 3.50. The van der Waals surface area contributed by atoms with E-state index >= 15 is 0 Å². The number of nitrogens with one attached hydrogen (secondary N) is 2. The van der Waals surface area contributed by atoms with Crippen LogP contribution in [0.25, 0.3) is 0 Å². The van der Waals surface area contributed by atoms with Crippen LogP contribution in [0, 0.1) is 0 Å². The number of methoxy groups -OCH3 is 1. The lowest BCUT2D eigenvalue weighted by atomic mass is 10.1. The summed E-state index contributed by atoms with van der Waals surface area (Å²) in [6.07, 6.45) is 1.36. The minimum absolute atomic E-state index is 0.0281. The Balaban J connectivity index is 2.01. The summed E-state index contributed by atoms with van der Waals surface area (Å²) in [5, 5.41) is 2.83. The van der Waals surface area contributed by atoms with Crippen molar-refractivity contribution in [1.82, 2.24) is 10.0 Å². The number of amides is 1. The third kappa shape index (κ3) is 6.08. The maximum atomic E-state index is 12.5. The van der Waals surface area contributed by atoms with E-state index in [0.717, 1.165) is 17.7 Å². The van der Waals surface area contributed by atoms with Gasteiger partial charge in [-0.1, -0.05) is 25.1 Å². The minimum Gasteiger partial charge on any atom is -0.497 e. The molecule has 0 fully saturated rings. The van der Waals surface area contributed by atoms with Gasteiger partial charge in [0.2, 0.25) is 10.0 Å². The van der Waals surface area contributed by atoms with E-state index in [0.29, 0.717) is 12.0 Å². The number of ether oxygens (including phenoxy) is 1. The highest BCUT2D eigenvalue weighted by Crippen LogP contribution is 2.14. The number of hydrogen-bond acceptors (Lipinski definition) is 4. The maximum absolute atomic E-state index is 12.5. The molecule has 0 saturated heterocycles. The molecule has 1 atom stereocenters. The van der Waals surface area contributed by atoms with Crippen LogP contribution in [0.2, 0.25) is 0 Å². The first-order valence-electron chi connectivity index (χ1n) is 8.89. The van der Waals surface area contributed by atoms with Crippen molar-refractivity contribution in [2.24, 2.45) is 0 Å². The fourth-order valence-electron chi connectivity index (χ4n) is 2.42. The summed E-state index contributed by atoms with van der Waals surface area (Å²) in [5.74, 6) is 0.478. The Hall–Kier alpha value is -2.38. The van der Waals surface area contributed by atoms with Crippen LogP contribution in [0.1, 0.15) is 36.2 Å². The highest BCUT2D eigenvalue weighted by Gasteiger charge is 2.16. The highest BCUT2D eigenvalue weighted by atomic mass is 32.2. The molecule has 2 rings (SSSR count). The van der Waals surface area contributed by atoms with E-state index in [1.165, 1.54) is 12.1 Å². The first-order chi connectivity index (χ1) is 12.9. The molecule has 2 aromatic carbocycles. The largest absolute Gasteiger partial charge is 0.497 e. The second-order valence-corrected chi connectivity index (χ2v) is 8.07. The Morgan fingerprint density at radius 2 is 1.85 bits per heavy atom. The van der Waals surface area contributed by atoms with Gasteiger partial charge in [0.15, 0.2) is 0 Å². The molecule has 6 nitrogen and oxygen atoms in total. The quantitative estimate of drug-likeness (QED) is 0.689. The third-order valence-corrected chi connectivity index (χ3v) is 5.72. The standard InChI is InChI=1S/C20H26N2O4S/c1-4-15(2)22-20(23)17-6-5-7-19(14-17)27(24,25)21-13-12-16-8-10-18(26-3)11-9-16/h5-11,14-15,21H,4,12-13H2,1-3H3,(H,22,23). The molecule has 0 spiro atoms. The van der Waals surface area contributed by atoms with Gasteiger partial charge in [0.05, 0.1) is 12.0 Å². The third-order valence-electron chi connectivity index (χ3n) is 4.26. The van der Waals surface area contributed by atoms with Gasteiger partial charge in [-0.05, 0) is 55.7 Å². The monoisotopic (exact) mass is 390 g/mol. The molecule has 2 aromatic rings. The molecular formula is C20H26N2O4S. The lowest BCUT2D eigenvalue weighted by Crippen LogP contribution is -2.32. The first kappa shape index (κ1) is 20.9. The topological polar surface area (TPSA) is 84.5 Å². The number of rotatable bonds is 9. The molecule has 0 radical (unpaired) electrons. The summed E-state index contributed by atoms with van der Waals surface area (Å²) in [6, 6.07) is 13.5. The maximum Gasteiger partial charge on any atom is 0.251 e. The van der Waals surface area contributed by atoms with Crippen LogP contribution in [0.5, 0.6) is 5.75 Å². The molecule has 0 aliphatic heterocycles. The van der Waals surface area contributed by atoms with Crippen LogP contribution < -0.4 is 14.8 Å². The van der Waals surface area contributed by atoms with Crippen molar-refractivity contribution in [3.05, 3.63) is 59.7 Å². The van der Waals surface area contributed by atoms with Crippen LogP contribution in [0.4, 0.5) is 0 Å². The lowest BCUT2D eigenvalue weighted by Gasteiger charge is -2.12. The normalized spacial score (nSPS) is 12.4. The van der Waals surface area contributed by atoms with Gasteiger partial charge in [0.25, 0.3) is 5.91 Å². The van der Waals surface area contributed by atoms with Gasteiger partial charge < -0.3 is 10.1 Å². The van der Waals surface area contributed by atoms with Crippen molar-refractivity contribution >= 4 is 15.9 Å². The van der Waals surface area contributed by atoms with Crippen LogP contribution in [-0.2, 0) is 16.4 Å². The molecule has 1 amide bonds. The zero-order chi connectivity index (χ0) is 19.9. The van der Waals surface area contributed by atoms with Crippen LogP contribution in [-0.4, -0.2) is 34.0 Å². The summed E-state index contributed by atoms with van der Waals surface area (Å²) in [7, 11) is -2.09. The molecule has 0 aliphatic rings. The van der Waals surface area contributed by atoms with Crippen molar-refractivity contribution in [2.45, 2.75) is 37.6 Å². The second kappa shape index (κ2) is 9.53. The lowest BCUT2D eigenvalue weighted by molar-refractivity contribution is 0.0939. The molecule has 7 heteroatoms. The van der Waals surface area contributed by atoms with Crippen molar-refractivity contribution in [2.75, 3.05) is 13.7 Å². The van der Waals surface area contributed by atoms with Crippen molar-refractivity contribution in [1.29, 1.82) is 0 Å². The van der Waals surface area contributed by atoms with Gasteiger partial charge in [-0.2, -0.15) is 0 Å². The number of hydrogen-bond donors (Lipinski definition) is 2. The number of carbonyl (C=O) groups is 1. The number of carbonyl (C=O) groups excluding carboxylic acids is 1. The molecule has 2 N–H and O–H groups in total. The summed E-state index contributed by atoms with van der Waals surface area (Å²) in [4.78, 5) is 12.3. The van der Waals surface area contributed by atoms with E-state index in [2.05, 4.69) is 10.0 Å². The van der Waals surface area contributed by atoms with Gasteiger partial charge >= 0.3 is 0 Å². The molecule has 0 saturated carbocycles. The Labute approximate surface area is 161 Å². The van der Waals surface area contributed by atoms with E-state index in [4.69, 9.17) is 4.74 Å². The van der Waals surface area contributed by atoms with E-state index in [1.807, 2.05) is 38.1 Å². The Bertz CT molecular complexity index is 864.